The van der Waals surface area contributed by atoms with Crippen molar-refractivity contribution in [3.05, 3.63) is 12.1 Å². The number of hydrogen-bond acceptors (Lipinski definition) is 4. The van der Waals surface area contributed by atoms with Crippen LogP contribution in [0.1, 0.15) is 19.3 Å². The predicted octanol–water partition coefficient (Wildman–Crippen LogP) is 1.51. The van der Waals surface area contributed by atoms with Crippen molar-refractivity contribution in [2.45, 2.75) is 19.3 Å². The standard InChI is InChI=1S/C10H16N4/c1-11-9-5-6-10(13-12-9)14-7-3-2-4-8-14/h5-6H,2-4,7-8H2,1H3,(H,11,12). The molecule has 1 aromatic heterocycles. The SMILES string of the molecule is CNc1ccc(N2CCCCC2)nn1. The summed E-state index contributed by atoms with van der Waals surface area (Å²) in [5.41, 5.74) is 0. The Balaban J connectivity index is 2.07. The molecule has 0 unspecified atom stereocenters. The maximum atomic E-state index is 4.19. The van der Waals surface area contributed by atoms with Crippen molar-refractivity contribution >= 4 is 11.6 Å². The van der Waals surface area contributed by atoms with Gasteiger partial charge in [-0.1, -0.05) is 0 Å². The monoisotopic (exact) mass is 192 g/mol. The van der Waals surface area contributed by atoms with Crippen LogP contribution in [0.3, 0.4) is 0 Å². The molecule has 4 nitrogen and oxygen atoms in total. The Labute approximate surface area is 84.3 Å². The predicted molar refractivity (Wildman–Crippen MR) is 57.6 cm³/mol. The lowest BCUT2D eigenvalue weighted by molar-refractivity contribution is 0.571. The smallest absolute Gasteiger partial charge is 0.151 e. The van der Waals surface area contributed by atoms with Crippen LogP contribution in [0, 0.1) is 0 Å². The summed E-state index contributed by atoms with van der Waals surface area (Å²) in [5, 5.41) is 11.2. The molecule has 1 aliphatic heterocycles. The average molecular weight is 192 g/mol. The molecule has 2 heterocycles. The van der Waals surface area contributed by atoms with E-state index in [0.29, 0.717) is 0 Å². The molecule has 0 bridgehead atoms. The number of hydrogen-bond donors (Lipinski definition) is 1. The molecule has 0 saturated carbocycles. The summed E-state index contributed by atoms with van der Waals surface area (Å²) in [6.07, 6.45) is 3.89. The summed E-state index contributed by atoms with van der Waals surface area (Å²) in [6, 6.07) is 4.00. The van der Waals surface area contributed by atoms with Gasteiger partial charge in [0.15, 0.2) is 5.82 Å². The minimum atomic E-state index is 0.825. The third kappa shape index (κ3) is 1.95. The maximum absolute atomic E-state index is 4.19. The Kier molecular flexibility index (Phi) is 2.81. The fraction of sp³-hybridized carbons (Fsp3) is 0.600. The van der Waals surface area contributed by atoms with Crippen LogP contribution in [0.2, 0.25) is 0 Å². The molecule has 1 N–H and O–H groups in total. The topological polar surface area (TPSA) is 41.0 Å². The normalized spacial score (nSPS) is 16.8. The summed E-state index contributed by atoms with van der Waals surface area (Å²) in [7, 11) is 1.85. The molecule has 76 valence electrons. The van der Waals surface area contributed by atoms with Crippen LogP contribution >= 0.6 is 0 Å². The van der Waals surface area contributed by atoms with Crippen molar-refractivity contribution in [3.8, 4) is 0 Å². The van der Waals surface area contributed by atoms with E-state index < -0.39 is 0 Å². The zero-order chi connectivity index (χ0) is 9.80. The lowest BCUT2D eigenvalue weighted by Crippen LogP contribution is -2.30. The molecular weight excluding hydrogens is 176 g/mol. The van der Waals surface area contributed by atoms with E-state index in [2.05, 4.69) is 20.4 Å². The van der Waals surface area contributed by atoms with Gasteiger partial charge in [0.05, 0.1) is 0 Å². The summed E-state index contributed by atoms with van der Waals surface area (Å²) in [6.45, 7) is 2.24. The third-order valence-electron chi connectivity index (χ3n) is 2.59. The molecule has 1 fully saturated rings. The van der Waals surface area contributed by atoms with Crippen LogP contribution in [-0.4, -0.2) is 30.3 Å². The van der Waals surface area contributed by atoms with Crippen LogP contribution in [0.4, 0.5) is 11.6 Å². The number of rotatable bonds is 2. The Morgan fingerprint density at radius 1 is 1.14 bits per heavy atom. The van der Waals surface area contributed by atoms with Gasteiger partial charge in [0.2, 0.25) is 0 Å². The van der Waals surface area contributed by atoms with Crippen LogP contribution in [-0.2, 0) is 0 Å². The van der Waals surface area contributed by atoms with Crippen molar-refractivity contribution in [2.24, 2.45) is 0 Å². The highest BCUT2D eigenvalue weighted by molar-refractivity contribution is 5.43. The zero-order valence-corrected chi connectivity index (χ0v) is 8.53. The van der Waals surface area contributed by atoms with Crippen molar-refractivity contribution < 1.29 is 0 Å². The van der Waals surface area contributed by atoms with Gasteiger partial charge in [0.25, 0.3) is 0 Å². The Morgan fingerprint density at radius 3 is 2.50 bits per heavy atom. The highest BCUT2D eigenvalue weighted by atomic mass is 15.3. The molecule has 0 spiro atoms. The first kappa shape index (κ1) is 9.24. The molecule has 0 amide bonds. The van der Waals surface area contributed by atoms with E-state index in [-0.39, 0.29) is 0 Å². The lowest BCUT2D eigenvalue weighted by Gasteiger charge is -2.27. The number of nitrogens with zero attached hydrogens (tertiary/aromatic N) is 3. The van der Waals surface area contributed by atoms with E-state index in [0.717, 1.165) is 24.7 Å². The third-order valence-corrected chi connectivity index (χ3v) is 2.59. The van der Waals surface area contributed by atoms with E-state index in [9.17, 15) is 0 Å². The summed E-state index contributed by atoms with van der Waals surface area (Å²) >= 11 is 0. The van der Waals surface area contributed by atoms with Crippen molar-refractivity contribution in [1.29, 1.82) is 0 Å². The quantitative estimate of drug-likeness (QED) is 0.771. The summed E-state index contributed by atoms with van der Waals surface area (Å²) < 4.78 is 0. The molecule has 0 radical (unpaired) electrons. The van der Waals surface area contributed by atoms with Crippen LogP contribution in [0.15, 0.2) is 12.1 Å². The Bertz CT molecular complexity index is 277. The molecule has 1 aromatic rings. The summed E-state index contributed by atoms with van der Waals surface area (Å²) in [5.74, 6) is 1.83. The minimum Gasteiger partial charge on any atom is -0.372 e. The van der Waals surface area contributed by atoms with Gasteiger partial charge in [0.1, 0.15) is 5.82 Å². The Morgan fingerprint density at radius 2 is 1.93 bits per heavy atom. The molecule has 2 rings (SSSR count). The first-order valence-corrected chi connectivity index (χ1v) is 5.16. The van der Waals surface area contributed by atoms with Crippen molar-refractivity contribution in [1.82, 2.24) is 10.2 Å². The second-order valence-corrected chi connectivity index (χ2v) is 3.57. The largest absolute Gasteiger partial charge is 0.372 e. The van der Waals surface area contributed by atoms with Gasteiger partial charge in [-0.2, -0.15) is 0 Å². The van der Waals surface area contributed by atoms with Gasteiger partial charge in [-0.25, -0.2) is 0 Å². The second kappa shape index (κ2) is 4.26. The molecule has 0 aliphatic carbocycles. The maximum Gasteiger partial charge on any atom is 0.151 e. The van der Waals surface area contributed by atoms with Crippen LogP contribution in [0.25, 0.3) is 0 Å². The van der Waals surface area contributed by atoms with Gasteiger partial charge in [0, 0.05) is 20.1 Å². The van der Waals surface area contributed by atoms with E-state index in [1.165, 1.54) is 19.3 Å². The average Bonchev–Trinajstić information content (AvgIpc) is 2.30. The fourth-order valence-corrected chi connectivity index (χ4v) is 1.75. The fourth-order valence-electron chi connectivity index (χ4n) is 1.75. The number of anilines is 2. The molecule has 1 aliphatic rings. The molecule has 0 aromatic carbocycles. The highest BCUT2D eigenvalue weighted by Crippen LogP contribution is 2.17. The van der Waals surface area contributed by atoms with Gasteiger partial charge in [-0.05, 0) is 31.4 Å². The minimum absolute atomic E-state index is 0.825. The van der Waals surface area contributed by atoms with Gasteiger partial charge >= 0.3 is 0 Å². The number of aromatic nitrogens is 2. The first-order chi connectivity index (χ1) is 6.90. The van der Waals surface area contributed by atoms with E-state index in [1.54, 1.807) is 0 Å². The molecular formula is C10H16N4. The number of nitrogens with one attached hydrogen (secondary N) is 1. The highest BCUT2D eigenvalue weighted by Gasteiger charge is 2.11. The molecule has 1 saturated heterocycles. The van der Waals surface area contributed by atoms with Crippen molar-refractivity contribution in [3.63, 3.8) is 0 Å². The molecule has 14 heavy (non-hydrogen) atoms. The number of piperidine rings is 1. The van der Waals surface area contributed by atoms with Crippen LogP contribution in [0.5, 0.6) is 0 Å². The Hall–Kier alpha value is -1.32. The van der Waals surface area contributed by atoms with E-state index in [4.69, 9.17) is 0 Å². The van der Waals surface area contributed by atoms with E-state index >= 15 is 0 Å². The second-order valence-electron chi connectivity index (χ2n) is 3.57. The molecule has 4 heteroatoms. The van der Waals surface area contributed by atoms with Gasteiger partial charge in [-0.3, -0.25) is 0 Å². The van der Waals surface area contributed by atoms with Gasteiger partial charge in [-0.15, -0.1) is 10.2 Å². The van der Waals surface area contributed by atoms with Gasteiger partial charge < -0.3 is 10.2 Å². The van der Waals surface area contributed by atoms with E-state index in [1.807, 2.05) is 19.2 Å². The first-order valence-electron chi connectivity index (χ1n) is 5.16. The molecule has 0 atom stereocenters. The summed E-state index contributed by atoms with van der Waals surface area (Å²) in [4.78, 5) is 2.30. The zero-order valence-electron chi connectivity index (χ0n) is 8.53. The lowest BCUT2D eigenvalue weighted by atomic mass is 10.1. The van der Waals surface area contributed by atoms with Crippen molar-refractivity contribution in [2.75, 3.05) is 30.4 Å². The van der Waals surface area contributed by atoms with Crippen LogP contribution < -0.4 is 10.2 Å².